The summed E-state index contributed by atoms with van der Waals surface area (Å²) in [5.74, 6) is -0.578. The molecule has 41 heavy (non-hydrogen) atoms. The summed E-state index contributed by atoms with van der Waals surface area (Å²) < 4.78 is 0. The van der Waals surface area contributed by atoms with Crippen molar-refractivity contribution < 1.29 is 14.4 Å². The number of benzene rings is 4. The summed E-state index contributed by atoms with van der Waals surface area (Å²) in [5.41, 5.74) is 3.26. The molecule has 0 spiro atoms. The minimum absolute atomic E-state index is 0.121. The SMILES string of the molecule is O=C(NC1CCCCC1)C(Cc1ccccc1)N(Cc1ccccc1)C(=O)CN1C(=O)c2cccc3cccc1c23. The molecule has 1 heterocycles. The average molecular weight is 546 g/mol. The number of carbonyl (C=O) groups excluding carboxylic acids is 3. The minimum atomic E-state index is -0.720. The highest BCUT2D eigenvalue weighted by molar-refractivity contribution is 6.26. The van der Waals surface area contributed by atoms with Gasteiger partial charge in [-0.2, -0.15) is 0 Å². The molecular weight excluding hydrogens is 510 g/mol. The molecule has 1 unspecified atom stereocenters. The van der Waals surface area contributed by atoms with Gasteiger partial charge in [0.05, 0.1) is 5.69 Å². The van der Waals surface area contributed by atoms with Gasteiger partial charge >= 0.3 is 0 Å². The van der Waals surface area contributed by atoms with Gasteiger partial charge in [0.1, 0.15) is 12.6 Å². The van der Waals surface area contributed by atoms with E-state index < -0.39 is 6.04 Å². The van der Waals surface area contributed by atoms with Gasteiger partial charge in [-0.15, -0.1) is 0 Å². The topological polar surface area (TPSA) is 69.7 Å². The number of nitrogens with one attached hydrogen (secondary N) is 1. The molecular formula is C35H35N3O3. The number of hydrogen-bond donors (Lipinski definition) is 1. The molecule has 0 aromatic heterocycles. The van der Waals surface area contributed by atoms with E-state index in [9.17, 15) is 14.4 Å². The van der Waals surface area contributed by atoms with E-state index in [2.05, 4.69) is 5.32 Å². The van der Waals surface area contributed by atoms with Crippen LogP contribution < -0.4 is 10.2 Å². The highest BCUT2D eigenvalue weighted by Crippen LogP contribution is 2.37. The van der Waals surface area contributed by atoms with E-state index in [4.69, 9.17) is 0 Å². The van der Waals surface area contributed by atoms with E-state index >= 15 is 0 Å². The third-order valence-electron chi connectivity index (χ3n) is 8.36. The maximum Gasteiger partial charge on any atom is 0.259 e. The summed E-state index contributed by atoms with van der Waals surface area (Å²) in [7, 11) is 0. The molecule has 3 amide bonds. The molecule has 208 valence electrons. The third kappa shape index (κ3) is 5.73. The molecule has 6 rings (SSSR count). The summed E-state index contributed by atoms with van der Waals surface area (Å²) in [4.78, 5) is 45.1. The number of nitrogens with zero attached hydrogens (tertiary/aromatic N) is 2. The molecule has 4 aromatic rings. The summed E-state index contributed by atoms with van der Waals surface area (Å²) in [6, 6.07) is 30.4. The van der Waals surface area contributed by atoms with Gasteiger partial charge in [-0.3, -0.25) is 19.3 Å². The van der Waals surface area contributed by atoms with E-state index in [0.717, 1.165) is 53.3 Å². The van der Waals surface area contributed by atoms with Crippen molar-refractivity contribution in [3.05, 3.63) is 114 Å². The fraction of sp³-hybridized carbons (Fsp3) is 0.286. The fourth-order valence-electron chi connectivity index (χ4n) is 6.24. The minimum Gasteiger partial charge on any atom is -0.352 e. The van der Waals surface area contributed by atoms with Gasteiger partial charge in [0.2, 0.25) is 11.8 Å². The number of hydrogen-bond acceptors (Lipinski definition) is 3. The highest BCUT2D eigenvalue weighted by Gasteiger charge is 2.36. The molecule has 1 N–H and O–H groups in total. The van der Waals surface area contributed by atoms with Gasteiger partial charge < -0.3 is 10.2 Å². The Morgan fingerprint density at radius 1 is 0.805 bits per heavy atom. The van der Waals surface area contributed by atoms with Crippen LogP contribution in [0.25, 0.3) is 10.8 Å². The molecule has 0 bridgehead atoms. The van der Waals surface area contributed by atoms with Crippen molar-refractivity contribution in [3.63, 3.8) is 0 Å². The Kier molecular flexibility index (Phi) is 7.81. The first kappa shape index (κ1) is 26.8. The van der Waals surface area contributed by atoms with Crippen LogP contribution in [0, 0.1) is 0 Å². The first-order valence-corrected chi connectivity index (χ1v) is 14.6. The van der Waals surface area contributed by atoms with Gasteiger partial charge in [0.15, 0.2) is 0 Å². The van der Waals surface area contributed by atoms with Gasteiger partial charge in [-0.1, -0.05) is 104 Å². The van der Waals surface area contributed by atoms with Gasteiger partial charge in [0, 0.05) is 30.0 Å². The molecule has 0 radical (unpaired) electrons. The lowest BCUT2D eigenvalue weighted by atomic mass is 9.94. The Labute approximate surface area is 241 Å². The maximum atomic E-state index is 14.3. The smallest absolute Gasteiger partial charge is 0.259 e. The average Bonchev–Trinajstić information content (AvgIpc) is 3.28. The molecule has 1 aliphatic heterocycles. The first-order valence-electron chi connectivity index (χ1n) is 14.6. The van der Waals surface area contributed by atoms with Crippen molar-refractivity contribution in [2.45, 2.75) is 57.2 Å². The molecule has 6 heteroatoms. The maximum absolute atomic E-state index is 14.3. The van der Waals surface area contributed by atoms with Crippen molar-refractivity contribution in [1.29, 1.82) is 0 Å². The summed E-state index contributed by atoms with van der Waals surface area (Å²) >= 11 is 0. The van der Waals surface area contributed by atoms with Gasteiger partial charge in [0.25, 0.3) is 5.91 Å². The van der Waals surface area contributed by atoms with Gasteiger partial charge in [-0.25, -0.2) is 0 Å². The number of amides is 3. The second kappa shape index (κ2) is 12.0. The van der Waals surface area contributed by atoms with Crippen LogP contribution in [-0.4, -0.2) is 41.2 Å². The third-order valence-corrected chi connectivity index (χ3v) is 8.36. The largest absolute Gasteiger partial charge is 0.352 e. The molecule has 6 nitrogen and oxygen atoms in total. The Morgan fingerprint density at radius 2 is 1.46 bits per heavy atom. The Hall–Kier alpha value is -4.45. The van der Waals surface area contributed by atoms with Crippen molar-refractivity contribution in [1.82, 2.24) is 10.2 Å². The van der Waals surface area contributed by atoms with Crippen LogP contribution in [0.3, 0.4) is 0 Å². The van der Waals surface area contributed by atoms with Crippen molar-refractivity contribution in [2.75, 3.05) is 11.4 Å². The molecule has 1 aliphatic carbocycles. The van der Waals surface area contributed by atoms with Crippen LogP contribution in [0.15, 0.2) is 97.1 Å². The number of rotatable bonds is 9. The van der Waals surface area contributed by atoms with Crippen molar-refractivity contribution >= 4 is 34.2 Å². The Morgan fingerprint density at radius 3 is 2.17 bits per heavy atom. The van der Waals surface area contributed by atoms with Gasteiger partial charge in [-0.05, 0) is 41.5 Å². The monoisotopic (exact) mass is 545 g/mol. The van der Waals surface area contributed by atoms with E-state index in [1.807, 2.05) is 97.1 Å². The Balaban J connectivity index is 1.33. The molecule has 0 saturated heterocycles. The van der Waals surface area contributed by atoms with E-state index in [0.29, 0.717) is 12.0 Å². The fourth-order valence-corrected chi connectivity index (χ4v) is 6.24. The predicted octanol–water partition coefficient (Wildman–Crippen LogP) is 5.89. The van der Waals surface area contributed by atoms with Crippen molar-refractivity contribution in [2.24, 2.45) is 0 Å². The summed E-state index contributed by atoms with van der Waals surface area (Å²) in [6.07, 6.45) is 5.70. The van der Waals surface area contributed by atoms with E-state index in [1.54, 1.807) is 9.80 Å². The molecule has 1 saturated carbocycles. The predicted molar refractivity (Wildman–Crippen MR) is 162 cm³/mol. The normalized spacial score (nSPS) is 15.6. The summed E-state index contributed by atoms with van der Waals surface area (Å²) in [5, 5.41) is 5.12. The quantitative estimate of drug-likeness (QED) is 0.285. The number of anilines is 1. The van der Waals surface area contributed by atoms with Crippen LogP contribution >= 0.6 is 0 Å². The van der Waals surface area contributed by atoms with Crippen molar-refractivity contribution in [3.8, 4) is 0 Å². The first-order chi connectivity index (χ1) is 20.1. The lowest BCUT2D eigenvalue weighted by Crippen LogP contribution is -2.54. The van der Waals surface area contributed by atoms with Crippen LogP contribution in [0.1, 0.15) is 53.6 Å². The van der Waals surface area contributed by atoms with E-state index in [1.165, 1.54) is 6.42 Å². The Bertz CT molecular complexity index is 1540. The zero-order valence-corrected chi connectivity index (χ0v) is 23.2. The van der Waals surface area contributed by atoms with Crippen LogP contribution in [0.2, 0.25) is 0 Å². The standard InChI is InChI=1S/C35H35N3O3/c39-32(24-38-30-21-11-17-27-16-10-20-29(33(27)30)35(38)41)37(23-26-14-6-2-7-15-26)31(22-25-12-4-1-5-13-25)34(40)36-28-18-8-3-9-19-28/h1-2,4-7,10-17,20-21,28,31H,3,8-9,18-19,22-24H2,(H,36,40). The molecule has 1 atom stereocenters. The lowest BCUT2D eigenvalue weighted by Gasteiger charge is -2.34. The molecule has 1 fully saturated rings. The zero-order valence-electron chi connectivity index (χ0n) is 23.2. The van der Waals surface area contributed by atoms with Crippen LogP contribution in [0.4, 0.5) is 5.69 Å². The zero-order chi connectivity index (χ0) is 28.2. The second-order valence-corrected chi connectivity index (χ2v) is 11.1. The summed E-state index contributed by atoms with van der Waals surface area (Å²) in [6.45, 7) is 0.135. The van der Waals surface area contributed by atoms with Crippen LogP contribution in [0.5, 0.6) is 0 Å². The van der Waals surface area contributed by atoms with E-state index in [-0.39, 0.29) is 36.9 Å². The van der Waals surface area contributed by atoms with Crippen LogP contribution in [-0.2, 0) is 22.6 Å². The highest BCUT2D eigenvalue weighted by atomic mass is 16.2. The molecule has 2 aliphatic rings. The molecule has 4 aromatic carbocycles. The second-order valence-electron chi connectivity index (χ2n) is 11.1. The number of carbonyl (C=O) groups is 3. The lowest BCUT2D eigenvalue weighted by molar-refractivity contribution is -0.140.